The number of nitrogens with zero attached hydrogens (tertiary/aromatic N) is 2. The number of benzene rings is 2. The number of rotatable bonds is 4. The average molecular weight is 315 g/mol. The van der Waals surface area contributed by atoms with Crippen LogP contribution < -0.4 is 0 Å². The Bertz CT molecular complexity index is 806. The van der Waals surface area contributed by atoms with Crippen LogP contribution in [0.15, 0.2) is 36.4 Å². The molecule has 0 spiro atoms. The predicted molar refractivity (Wildman–Crippen MR) is 90.8 cm³/mol. The van der Waals surface area contributed by atoms with Gasteiger partial charge in [0.15, 0.2) is 0 Å². The Hall–Kier alpha value is -1.84. The molecule has 0 atom stereocenters. The first kappa shape index (κ1) is 15.1. The highest BCUT2D eigenvalue weighted by Gasteiger charge is 2.13. The van der Waals surface area contributed by atoms with E-state index < -0.39 is 0 Å². The highest BCUT2D eigenvalue weighted by molar-refractivity contribution is 6.32. The third-order valence-electron chi connectivity index (χ3n) is 3.98. The molecule has 0 saturated carbocycles. The average Bonchev–Trinajstić information content (AvgIpc) is 2.91. The second-order valence-electron chi connectivity index (χ2n) is 5.33. The number of aromatic nitrogens is 2. The van der Waals surface area contributed by atoms with E-state index in [1.54, 1.807) is 0 Å². The topological polar surface area (TPSA) is 38.0 Å². The van der Waals surface area contributed by atoms with Gasteiger partial charge in [-0.05, 0) is 41.8 Å². The number of aliphatic hydroxyl groups is 1. The van der Waals surface area contributed by atoms with E-state index >= 15 is 0 Å². The Labute approximate surface area is 135 Å². The lowest BCUT2D eigenvalue weighted by Gasteiger charge is -2.10. The molecule has 3 rings (SSSR count). The van der Waals surface area contributed by atoms with Gasteiger partial charge in [-0.15, -0.1) is 0 Å². The predicted octanol–water partition coefficient (Wildman–Crippen LogP) is 4.30. The fourth-order valence-electron chi connectivity index (χ4n) is 2.72. The van der Waals surface area contributed by atoms with Crippen LogP contribution in [0.5, 0.6) is 0 Å². The largest absolute Gasteiger partial charge is 0.392 e. The minimum absolute atomic E-state index is 0.0751. The molecule has 0 bridgehead atoms. The maximum atomic E-state index is 9.37. The zero-order valence-electron chi connectivity index (χ0n) is 12.8. The van der Waals surface area contributed by atoms with Crippen LogP contribution in [-0.2, 0) is 19.4 Å². The molecule has 4 heteroatoms. The number of aryl methyl sites for hydroxylation is 2. The van der Waals surface area contributed by atoms with Crippen molar-refractivity contribution < 1.29 is 5.11 Å². The number of hydrogen-bond donors (Lipinski definition) is 1. The van der Waals surface area contributed by atoms with E-state index in [-0.39, 0.29) is 6.61 Å². The van der Waals surface area contributed by atoms with Gasteiger partial charge in [0.2, 0.25) is 0 Å². The van der Waals surface area contributed by atoms with E-state index in [1.807, 2.05) is 12.1 Å². The minimum Gasteiger partial charge on any atom is -0.392 e. The van der Waals surface area contributed by atoms with Crippen LogP contribution in [0.4, 0.5) is 0 Å². The second kappa shape index (κ2) is 6.11. The monoisotopic (exact) mass is 314 g/mol. The van der Waals surface area contributed by atoms with E-state index in [4.69, 9.17) is 16.6 Å². The molecule has 3 nitrogen and oxygen atoms in total. The molecule has 0 aliphatic heterocycles. The first-order valence-electron chi connectivity index (χ1n) is 7.57. The summed E-state index contributed by atoms with van der Waals surface area (Å²) in [7, 11) is 0. The normalized spacial score (nSPS) is 11.3. The number of hydrogen-bond acceptors (Lipinski definition) is 2. The lowest BCUT2D eigenvalue weighted by Crippen LogP contribution is -2.00. The van der Waals surface area contributed by atoms with E-state index in [9.17, 15) is 5.11 Å². The van der Waals surface area contributed by atoms with Crippen molar-refractivity contribution in [2.75, 3.05) is 0 Å². The fraction of sp³-hybridized carbons (Fsp3) is 0.278. The molecule has 0 saturated heterocycles. The molecule has 0 aliphatic rings. The summed E-state index contributed by atoms with van der Waals surface area (Å²) >= 11 is 6.26. The summed E-state index contributed by atoms with van der Waals surface area (Å²) in [6.07, 6.45) is 1.85. The number of halogens is 1. The van der Waals surface area contributed by atoms with Gasteiger partial charge in [0.1, 0.15) is 5.82 Å². The maximum absolute atomic E-state index is 9.37. The van der Waals surface area contributed by atoms with Crippen molar-refractivity contribution in [2.24, 2.45) is 0 Å². The highest BCUT2D eigenvalue weighted by Crippen LogP contribution is 2.28. The molecule has 0 radical (unpaired) electrons. The van der Waals surface area contributed by atoms with Gasteiger partial charge in [-0.2, -0.15) is 0 Å². The molecule has 2 aromatic carbocycles. The Morgan fingerprint density at radius 1 is 1.09 bits per heavy atom. The molecule has 1 aromatic heterocycles. The number of aliphatic hydroxyl groups excluding tert-OH is 1. The van der Waals surface area contributed by atoms with Gasteiger partial charge in [0.05, 0.1) is 17.6 Å². The molecular formula is C18H19ClN2O. The molecule has 3 aromatic rings. The minimum atomic E-state index is -0.0751. The van der Waals surface area contributed by atoms with Gasteiger partial charge < -0.3 is 5.11 Å². The summed E-state index contributed by atoms with van der Waals surface area (Å²) in [5, 5.41) is 9.94. The van der Waals surface area contributed by atoms with Gasteiger partial charge in [0, 0.05) is 17.1 Å². The first-order chi connectivity index (χ1) is 10.7. The summed E-state index contributed by atoms with van der Waals surface area (Å²) in [5.41, 5.74) is 4.95. The van der Waals surface area contributed by atoms with Crippen molar-refractivity contribution >= 4 is 22.6 Å². The lowest BCUT2D eigenvalue weighted by atomic mass is 10.1. The molecule has 114 valence electrons. The molecular weight excluding hydrogens is 296 g/mol. The van der Waals surface area contributed by atoms with Crippen molar-refractivity contribution in [1.82, 2.24) is 9.55 Å². The molecule has 0 aliphatic carbocycles. The second-order valence-corrected chi connectivity index (χ2v) is 5.73. The Balaban J connectivity index is 2.24. The molecule has 0 amide bonds. The van der Waals surface area contributed by atoms with Gasteiger partial charge in [-0.1, -0.05) is 37.6 Å². The van der Waals surface area contributed by atoms with Crippen molar-refractivity contribution in [3.8, 4) is 5.69 Å². The Morgan fingerprint density at radius 3 is 2.41 bits per heavy atom. The van der Waals surface area contributed by atoms with Gasteiger partial charge >= 0.3 is 0 Å². The molecule has 1 heterocycles. The van der Waals surface area contributed by atoms with Crippen LogP contribution in [0.25, 0.3) is 16.7 Å². The van der Waals surface area contributed by atoms with Gasteiger partial charge in [-0.3, -0.25) is 4.57 Å². The van der Waals surface area contributed by atoms with E-state index in [0.29, 0.717) is 10.6 Å². The van der Waals surface area contributed by atoms with E-state index in [1.165, 1.54) is 5.56 Å². The summed E-state index contributed by atoms with van der Waals surface area (Å²) in [4.78, 5) is 4.69. The van der Waals surface area contributed by atoms with Crippen molar-refractivity contribution in [1.29, 1.82) is 0 Å². The van der Waals surface area contributed by atoms with Crippen LogP contribution in [-0.4, -0.2) is 14.7 Å². The zero-order chi connectivity index (χ0) is 15.7. The van der Waals surface area contributed by atoms with Gasteiger partial charge in [-0.25, -0.2) is 4.98 Å². The summed E-state index contributed by atoms with van der Waals surface area (Å²) in [6, 6.07) is 12.3. The third kappa shape index (κ3) is 2.51. The SMILES string of the molecule is CCc1ccc(-n2c(CC)nc3cc(CO)c(Cl)cc32)cc1. The van der Waals surface area contributed by atoms with Crippen LogP contribution in [0.3, 0.4) is 0 Å². The van der Waals surface area contributed by atoms with Gasteiger partial charge in [0.25, 0.3) is 0 Å². The maximum Gasteiger partial charge on any atom is 0.114 e. The summed E-state index contributed by atoms with van der Waals surface area (Å²) < 4.78 is 2.14. The van der Waals surface area contributed by atoms with E-state index in [0.717, 1.165) is 35.4 Å². The molecule has 1 N–H and O–H groups in total. The third-order valence-corrected chi connectivity index (χ3v) is 4.33. The highest BCUT2D eigenvalue weighted by atomic mass is 35.5. The smallest absolute Gasteiger partial charge is 0.114 e. The Morgan fingerprint density at radius 2 is 1.82 bits per heavy atom. The van der Waals surface area contributed by atoms with Crippen LogP contribution in [0.1, 0.15) is 30.8 Å². The zero-order valence-corrected chi connectivity index (χ0v) is 13.6. The molecule has 22 heavy (non-hydrogen) atoms. The van der Waals surface area contributed by atoms with Crippen LogP contribution in [0, 0.1) is 0 Å². The fourth-order valence-corrected chi connectivity index (χ4v) is 2.94. The molecule has 0 unspecified atom stereocenters. The van der Waals surface area contributed by atoms with Crippen molar-refractivity contribution in [3.05, 3.63) is 58.4 Å². The van der Waals surface area contributed by atoms with E-state index in [2.05, 4.69) is 42.7 Å². The first-order valence-corrected chi connectivity index (χ1v) is 7.95. The van der Waals surface area contributed by atoms with Crippen molar-refractivity contribution in [3.63, 3.8) is 0 Å². The van der Waals surface area contributed by atoms with Crippen LogP contribution >= 0.6 is 11.6 Å². The lowest BCUT2D eigenvalue weighted by molar-refractivity contribution is 0.282. The van der Waals surface area contributed by atoms with Crippen molar-refractivity contribution in [2.45, 2.75) is 33.3 Å². The number of imidazole rings is 1. The van der Waals surface area contributed by atoms with Crippen LogP contribution in [0.2, 0.25) is 5.02 Å². The molecule has 0 fully saturated rings. The summed E-state index contributed by atoms with van der Waals surface area (Å²) in [6.45, 7) is 4.16. The quantitative estimate of drug-likeness (QED) is 0.780. The summed E-state index contributed by atoms with van der Waals surface area (Å²) in [5.74, 6) is 0.991. The Kier molecular flexibility index (Phi) is 4.19. The number of fused-ring (bicyclic) bond motifs is 1. The standard InChI is InChI=1S/C18H19ClN2O/c1-3-12-5-7-14(8-6-12)21-17-10-15(19)13(11-22)9-16(17)20-18(21)4-2/h5-10,22H,3-4,11H2,1-2H3.